The molecule has 1 N–H and O–H groups in total. The topological polar surface area (TPSA) is 78.3 Å². The molecule has 1 fully saturated rings. The molecule has 4 aromatic rings. The van der Waals surface area contributed by atoms with Gasteiger partial charge in [-0.2, -0.15) is 5.10 Å². The monoisotopic (exact) mass is 512 g/mol. The van der Waals surface area contributed by atoms with E-state index < -0.39 is 11.7 Å². The van der Waals surface area contributed by atoms with Crippen LogP contribution in [0.2, 0.25) is 0 Å². The summed E-state index contributed by atoms with van der Waals surface area (Å²) in [6.07, 6.45) is 8.65. The molecule has 1 aliphatic heterocycles. The van der Waals surface area contributed by atoms with Crippen LogP contribution in [0.4, 0.5) is 4.79 Å². The van der Waals surface area contributed by atoms with Gasteiger partial charge in [0.15, 0.2) is 0 Å². The van der Waals surface area contributed by atoms with Crippen LogP contribution in [-0.4, -0.2) is 39.6 Å². The lowest BCUT2D eigenvalue weighted by atomic mass is 9.91. The zero-order valence-corrected chi connectivity index (χ0v) is 22.6. The van der Waals surface area contributed by atoms with Gasteiger partial charge < -0.3 is 14.8 Å². The van der Waals surface area contributed by atoms with E-state index in [9.17, 15) is 4.79 Å². The van der Waals surface area contributed by atoms with E-state index in [0.29, 0.717) is 6.54 Å². The fraction of sp³-hybridized carbons (Fsp3) is 0.387. The second-order valence-corrected chi connectivity index (χ2v) is 11.0. The maximum Gasteiger partial charge on any atom is 0.407 e. The number of carbonyl (C=O) groups excluding carboxylic acids is 1. The van der Waals surface area contributed by atoms with Crippen LogP contribution in [0, 0.1) is 0 Å². The number of benzene rings is 2. The average molecular weight is 513 g/mol. The highest BCUT2D eigenvalue weighted by atomic mass is 16.6. The lowest BCUT2D eigenvalue weighted by molar-refractivity contribution is -0.0390. The van der Waals surface area contributed by atoms with Gasteiger partial charge in [0.05, 0.1) is 5.52 Å². The van der Waals surface area contributed by atoms with Gasteiger partial charge in [0.1, 0.15) is 11.8 Å². The second-order valence-electron chi connectivity index (χ2n) is 11.0. The SMILES string of the molecule is CC(CNC(=O)OC(C)(C)C)c1ccc(-c2ccc3nn(C4CCCCO4)cc3c2-c2cccnc2)cc1. The predicted octanol–water partition coefficient (Wildman–Crippen LogP) is 7.09. The van der Waals surface area contributed by atoms with Gasteiger partial charge in [-0.05, 0) is 74.8 Å². The maximum atomic E-state index is 12.1. The van der Waals surface area contributed by atoms with Crippen LogP contribution in [0.15, 0.2) is 67.1 Å². The molecule has 1 amide bonds. The Balaban J connectivity index is 1.44. The number of alkyl carbamates (subject to hydrolysis) is 1. The van der Waals surface area contributed by atoms with Crippen LogP contribution in [0.25, 0.3) is 33.2 Å². The number of hydrogen-bond acceptors (Lipinski definition) is 5. The number of amides is 1. The molecule has 1 saturated heterocycles. The molecule has 2 atom stereocenters. The summed E-state index contributed by atoms with van der Waals surface area (Å²) >= 11 is 0. The van der Waals surface area contributed by atoms with E-state index in [1.807, 2.05) is 37.7 Å². The number of ether oxygens (including phenoxy) is 2. The van der Waals surface area contributed by atoms with Gasteiger partial charge in [-0.1, -0.05) is 43.3 Å². The molecule has 2 unspecified atom stereocenters. The molecule has 0 bridgehead atoms. The van der Waals surface area contributed by atoms with E-state index in [0.717, 1.165) is 64.6 Å². The highest BCUT2D eigenvalue weighted by Crippen LogP contribution is 2.39. The van der Waals surface area contributed by atoms with Crippen molar-refractivity contribution < 1.29 is 14.3 Å². The van der Waals surface area contributed by atoms with Gasteiger partial charge >= 0.3 is 6.09 Å². The van der Waals surface area contributed by atoms with Crippen LogP contribution in [-0.2, 0) is 9.47 Å². The maximum absolute atomic E-state index is 12.1. The molecule has 198 valence electrons. The van der Waals surface area contributed by atoms with Crippen molar-refractivity contribution in [3.05, 3.63) is 72.7 Å². The first-order valence-electron chi connectivity index (χ1n) is 13.4. The molecule has 2 aromatic carbocycles. The lowest BCUT2D eigenvalue weighted by Gasteiger charge is -2.22. The molecule has 0 spiro atoms. The summed E-state index contributed by atoms with van der Waals surface area (Å²) in [7, 11) is 0. The summed E-state index contributed by atoms with van der Waals surface area (Å²) < 4.78 is 13.3. The number of pyridine rings is 1. The molecule has 7 nitrogen and oxygen atoms in total. The Labute approximate surface area is 224 Å². The van der Waals surface area contributed by atoms with Crippen molar-refractivity contribution in [1.82, 2.24) is 20.1 Å². The first kappa shape index (κ1) is 25.9. The van der Waals surface area contributed by atoms with Gasteiger partial charge in [0, 0.05) is 48.3 Å². The summed E-state index contributed by atoms with van der Waals surface area (Å²) in [5, 5.41) is 8.84. The Morgan fingerprint density at radius 3 is 2.63 bits per heavy atom. The number of rotatable bonds is 6. The summed E-state index contributed by atoms with van der Waals surface area (Å²) in [6, 6.07) is 16.9. The van der Waals surface area contributed by atoms with Crippen molar-refractivity contribution in [3.63, 3.8) is 0 Å². The molecule has 7 heteroatoms. The largest absolute Gasteiger partial charge is 0.444 e. The van der Waals surface area contributed by atoms with E-state index in [-0.39, 0.29) is 12.1 Å². The molecular formula is C31H36N4O3. The van der Waals surface area contributed by atoms with Gasteiger partial charge in [0.2, 0.25) is 0 Å². The predicted molar refractivity (Wildman–Crippen MR) is 150 cm³/mol. The normalized spacial score (nSPS) is 16.8. The second kappa shape index (κ2) is 11.0. The molecule has 38 heavy (non-hydrogen) atoms. The van der Waals surface area contributed by atoms with Crippen molar-refractivity contribution in [2.75, 3.05) is 13.2 Å². The van der Waals surface area contributed by atoms with Crippen LogP contribution >= 0.6 is 0 Å². The first-order valence-corrected chi connectivity index (χ1v) is 13.4. The number of nitrogens with zero attached hydrogens (tertiary/aromatic N) is 3. The van der Waals surface area contributed by atoms with Crippen molar-refractivity contribution in [3.8, 4) is 22.3 Å². The fourth-order valence-corrected chi connectivity index (χ4v) is 4.91. The third-order valence-corrected chi connectivity index (χ3v) is 6.85. The third-order valence-electron chi connectivity index (χ3n) is 6.85. The van der Waals surface area contributed by atoms with E-state index in [4.69, 9.17) is 14.6 Å². The third kappa shape index (κ3) is 5.89. The summed E-state index contributed by atoms with van der Waals surface area (Å²) in [6.45, 7) is 8.96. The molecule has 1 aliphatic rings. The van der Waals surface area contributed by atoms with Crippen molar-refractivity contribution in [1.29, 1.82) is 0 Å². The van der Waals surface area contributed by atoms with E-state index in [1.165, 1.54) is 0 Å². The van der Waals surface area contributed by atoms with Crippen LogP contribution in [0.1, 0.15) is 64.7 Å². The Morgan fingerprint density at radius 2 is 1.95 bits per heavy atom. The first-order chi connectivity index (χ1) is 18.3. The van der Waals surface area contributed by atoms with Crippen molar-refractivity contribution >= 4 is 17.0 Å². The van der Waals surface area contributed by atoms with Gasteiger partial charge in [-0.3, -0.25) is 4.98 Å². The molecule has 0 saturated carbocycles. The van der Waals surface area contributed by atoms with Gasteiger partial charge in [0.25, 0.3) is 0 Å². The lowest BCUT2D eigenvalue weighted by Crippen LogP contribution is -2.34. The molecule has 3 heterocycles. The van der Waals surface area contributed by atoms with Crippen molar-refractivity contribution in [2.24, 2.45) is 0 Å². The molecule has 5 rings (SSSR count). The minimum atomic E-state index is -0.512. The minimum absolute atomic E-state index is 0.0172. The van der Waals surface area contributed by atoms with Crippen LogP contribution in [0.5, 0.6) is 0 Å². The number of nitrogens with one attached hydrogen (secondary N) is 1. The summed E-state index contributed by atoms with van der Waals surface area (Å²) in [5.41, 5.74) is 5.99. The number of hydrogen-bond donors (Lipinski definition) is 1. The average Bonchev–Trinajstić information content (AvgIpc) is 3.36. The smallest absolute Gasteiger partial charge is 0.407 e. The number of carbonyl (C=O) groups is 1. The molecule has 2 aromatic heterocycles. The standard InChI is InChI=1S/C31H36N4O3/c1-21(18-33-30(36)38-31(2,3)4)22-10-12-23(13-11-22)25-14-15-27-26(29(25)24-8-7-16-32-19-24)20-35(34-27)28-9-5-6-17-37-28/h7-8,10-16,19-21,28H,5-6,9,17-18H2,1-4H3,(H,33,36). The number of fused-ring (bicyclic) bond motifs is 1. The van der Waals surface area contributed by atoms with Gasteiger partial charge in [-0.25, -0.2) is 9.48 Å². The Morgan fingerprint density at radius 1 is 1.13 bits per heavy atom. The zero-order chi connectivity index (χ0) is 26.7. The quantitative estimate of drug-likeness (QED) is 0.298. The summed E-state index contributed by atoms with van der Waals surface area (Å²) in [4.78, 5) is 16.5. The Kier molecular flexibility index (Phi) is 7.47. The van der Waals surface area contributed by atoms with Crippen LogP contribution in [0.3, 0.4) is 0 Å². The van der Waals surface area contributed by atoms with E-state index >= 15 is 0 Å². The molecular weight excluding hydrogens is 476 g/mol. The molecule has 0 radical (unpaired) electrons. The fourth-order valence-electron chi connectivity index (χ4n) is 4.91. The Hall–Kier alpha value is -3.71. The van der Waals surface area contributed by atoms with Gasteiger partial charge in [-0.15, -0.1) is 0 Å². The minimum Gasteiger partial charge on any atom is -0.444 e. The number of aromatic nitrogens is 3. The van der Waals surface area contributed by atoms with E-state index in [2.05, 4.69) is 65.9 Å². The molecule has 0 aliphatic carbocycles. The van der Waals surface area contributed by atoms with E-state index in [1.54, 1.807) is 6.20 Å². The summed E-state index contributed by atoms with van der Waals surface area (Å²) in [5.74, 6) is 0.144. The van der Waals surface area contributed by atoms with Crippen molar-refractivity contribution in [2.45, 2.75) is 64.7 Å². The highest BCUT2D eigenvalue weighted by Gasteiger charge is 2.21. The Bertz CT molecular complexity index is 1380. The zero-order valence-electron chi connectivity index (χ0n) is 22.6. The highest BCUT2D eigenvalue weighted by molar-refractivity contribution is 6.02. The van der Waals surface area contributed by atoms with Crippen LogP contribution < -0.4 is 5.32 Å².